The lowest BCUT2D eigenvalue weighted by Crippen LogP contribution is -2.06. The van der Waals surface area contributed by atoms with Crippen LogP contribution in [-0.4, -0.2) is 32.1 Å². The Morgan fingerprint density at radius 1 is 1.50 bits per heavy atom. The highest BCUT2D eigenvalue weighted by atomic mass is 16.5. The fourth-order valence-corrected chi connectivity index (χ4v) is 1.53. The molecule has 2 rings (SSSR count). The van der Waals surface area contributed by atoms with Gasteiger partial charge in [0.25, 0.3) is 0 Å². The molecule has 0 radical (unpaired) electrons. The van der Waals surface area contributed by atoms with Crippen LogP contribution in [0.5, 0.6) is 0 Å². The van der Waals surface area contributed by atoms with Crippen LogP contribution in [0.4, 0.5) is 5.82 Å². The van der Waals surface area contributed by atoms with Gasteiger partial charge in [0.1, 0.15) is 11.8 Å². The molecule has 7 heteroatoms. The number of nitrogens with zero attached hydrogens (tertiary/aromatic N) is 4. The van der Waals surface area contributed by atoms with Crippen molar-refractivity contribution in [3.05, 3.63) is 25.3 Å². The van der Waals surface area contributed by atoms with Crippen LogP contribution in [-0.2, 0) is 16.1 Å². The van der Waals surface area contributed by atoms with Crippen molar-refractivity contribution in [3.8, 4) is 0 Å². The summed E-state index contributed by atoms with van der Waals surface area (Å²) in [5.41, 5.74) is 6.94. The normalized spacial score (nSPS) is 10.4. The van der Waals surface area contributed by atoms with Gasteiger partial charge in [-0.2, -0.15) is 0 Å². The van der Waals surface area contributed by atoms with Crippen LogP contribution in [0.25, 0.3) is 11.2 Å². The first-order valence-electron chi connectivity index (χ1n) is 5.43. The van der Waals surface area contributed by atoms with Crippen LogP contribution < -0.4 is 5.73 Å². The van der Waals surface area contributed by atoms with E-state index in [1.807, 2.05) is 4.57 Å². The molecule has 0 saturated carbocycles. The summed E-state index contributed by atoms with van der Waals surface area (Å²) in [6.07, 6.45) is 4.84. The van der Waals surface area contributed by atoms with Gasteiger partial charge in [0.05, 0.1) is 12.9 Å². The molecule has 0 aliphatic heterocycles. The summed E-state index contributed by atoms with van der Waals surface area (Å²) in [6, 6.07) is 0. The molecule has 0 aliphatic carbocycles. The Morgan fingerprint density at radius 2 is 2.33 bits per heavy atom. The quantitative estimate of drug-likeness (QED) is 0.470. The zero-order valence-electron chi connectivity index (χ0n) is 9.74. The van der Waals surface area contributed by atoms with Crippen LogP contribution in [0.1, 0.15) is 6.42 Å². The smallest absolute Gasteiger partial charge is 0.330 e. The van der Waals surface area contributed by atoms with Crippen LogP contribution in [0.2, 0.25) is 0 Å². The van der Waals surface area contributed by atoms with E-state index in [9.17, 15) is 4.79 Å². The molecule has 0 atom stereocenters. The second kappa shape index (κ2) is 5.26. The van der Waals surface area contributed by atoms with Gasteiger partial charge in [0.15, 0.2) is 11.5 Å². The molecule has 18 heavy (non-hydrogen) atoms. The molecule has 7 nitrogen and oxygen atoms in total. The Balaban J connectivity index is 1.98. The summed E-state index contributed by atoms with van der Waals surface area (Å²) in [6.45, 7) is 4.28. The number of fused-ring (bicyclic) bond motifs is 1. The van der Waals surface area contributed by atoms with Crippen molar-refractivity contribution in [2.24, 2.45) is 0 Å². The fraction of sp³-hybridized carbons (Fsp3) is 0.273. The second-order valence-corrected chi connectivity index (χ2v) is 3.59. The van der Waals surface area contributed by atoms with Gasteiger partial charge < -0.3 is 15.0 Å². The number of anilines is 1. The van der Waals surface area contributed by atoms with E-state index in [0.29, 0.717) is 36.6 Å². The maximum Gasteiger partial charge on any atom is 0.330 e. The van der Waals surface area contributed by atoms with Gasteiger partial charge in [-0.05, 0) is 6.42 Å². The maximum absolute atomic E-state index is 10.8. The van der Waals surface area contributed by atoms with E-state index in [-0.39, 0.29) is 0 Å². The summed E-state index contributed by atoms with van der Waals surface area (Å²) in [7, 11) is 0. The zero-order chi connectivity index (χ0) is 13.0. The van der Waals surface area contributed by atoms with Crippen molar-refractivity contribution in [2.75, 3.05) is 12.3 Å². The molecule has 0 unspecified atom stereocenters. The van der Waals surface area contributed by atoms with E-state index in [1.54, 1.807) is 6.33 Å². The van der Waals surface area contributed by atoms with Gasteiger partial charge in [-0.1, -0.05) is 6.58 Å². The third-order valence-corrected chi connectivity index (χ3v) is 2.38. The third-order valence-electron chi connectivity index (χ3n) is 2.38. The first-order chi connectivity index (χ1) is 8.72. The lowest BCUT2D eigenvalue weighted by atomic mass is 10.4. The summed E-state index contributed by atoms with van der Waals surface area (Å²) in [4.78, 5) is 23.0. The van der Waals surface area contributed by atoms with E-state index in [0.717, 1.165) is 6.08 Å². The number of carbonyl (C=O) groups is 1. The first kappa shape index (κ1) is 12.0. The minimum absolute atomic E-state index is 0.324. The number of ether oxygens (including phenoxy) is 1. The van der Waals surface area contributed by atoms with E-state index < -0.39 is 5.97 Å². The Kier molecular flexibility index (Phi) is 3.52. The summed E-state index contributed by atoms with van der Waals surface area (Å²) >= 11 is 0. The van der Waals surface area contributed by atoms with Gasteiger partial charge in [-0.3, -0.25) is 0 Å². The van der Waals surface area contributed by atoms with Crippen molar-refractivity contribution in [1.82, 2.24) is 19.5 Å². The van der Waals surface area contributed by atoms with Gasteiger partial charge in [-0.25, -0.2) is 19.7 Å². The Hall–Kier alpha value is -2.44. The molecule has 0 bridgehead atoms. The predicted molar refractivity (Wildman–Crippen MR) is 65.5 cm³/mol. The number of rotatable bonds is 5. The van der Waals surface area contributed by atoms with E-state index in [1.165, 1.54) is 6.33 Å². The molecule has 0 saturated heterocycles. The molecule has 0 aliphatic rings. The summed E-state index contributed by atoms with van der Waals surface area (Å²) in [5.74, 6) is -0.0612. The molecular weight excluding hydrogens is 234 g/mol. The monoisotopic (exact) mass is 247 g/mol. The number of aromatic nitrogens is 4. The standard InChI is InChI=1S/C11H13N5O2/c1-2-8(17)18-5-3-4-16-7-15-9-10(12)13-6-14-11(9)16/h2,6-7H,1,3-5H2,(H2,12,13,14). The van der Waals surface area contributed by atoms with Gasteiger partial charge >= 0.3 is 5.97 Å². The largest absolute Gasteiger partial charge is 0.462 e. The average molecular weight is 247 g/mol. The lowest BCUT2D eigenvalue weighted by molar-refractivity contribution is -0.137. The number of aryl methyl sites for hydroxylation is 1. The molecule has 2 N–H and O–H groups in total. The average Bonchev–Trinajstić information content (AvgIpc) is 2.79. The molecule has 2 aromatic heterocycles. The summed E-state index contributed by atoms with van der Waals surface area (Å²) in [5, 5.41) is 0. The van der Waals surface area contributed by atoms with Gasteiger partial charge in [0.2, 0.25) is 0 Å². The van der Waals surface area contributed by atoms with Crippen molar-refractivity contribution in [2.45, 2.75) is 13.0 Å². The predicted octanol–water partition coefficient (Wildman–Crippen LogP) is 0.528. The van der Waals surface area contributed by atoms with Gasteiger partial charge in [-0.15, -0.1) is 0 Å². The number of carbonyl (C=O) groups excluding carboxylic acids is 1. The molecule has 2 aromatic rings. The first-order valence-corrected chi connectivity index (χ1v) is 5.43. The molecular formula is C11H13N5O2. The zero-order valence-corrected chi connectivity index (χ0v) is 9.74. The van der Waals surface area contributed by atoms with Crippen LogP contribution in [0.3, 0.4) is 0 Å². The fourth-order valence-electron chi connectivity index (χ4n) is 1.53. The molecule has 94 valence electrons. The van der Waals surface area contributed by atoms with Gasteiger partial charge in [0, 0.05) is 12.6 Å². The lowest BCUT2D eigenvalue weighted by Gasteiger charge is -2.04. The SMILES string of the molecule is C=CC(=O)OCCCn1cnc2c(N)ncnc21. The van der Waals surface area contributed by atoms with E-state index in [4.69, 9.17) is 10.5 Å². The van der Waals surface area contributed by atoms with Crippen molar-refractivity contribution < 1.29 is 9.53 Å². The van der Waals surface area contributed by atoms with Crippen molar-refractivity contribution in [1.29, 1.82) is 0 Å². The molecule has 0 fully saturated rings. The second-order valence-electron chi connectivity index (χ2n) is 3.59. The summed E-state index contributed by atoms with van der Waals surface area (Å²) < 4.78 is 6.72. The minimum atomic E-state index is -0.419. The van der Waals surface area contributed by atoms with E-state index >= 15 is 0 Å². The third kappa shape index (κ3) is 2.45. The maximum atomic E-state index is 10.8. The highest BCUT2D eigenvalue weighted by molar-refractivity contribution is 5.81. The number of esters is 1. The van der Waals surface area contributed by atoms with Crippen LogP contribution >= 0.6 is 0 Å². The topological polar surface area (TPSA) is 95.9 Å². The Morgan fingerprint density at radius 3 is 3.11 bits per heavy atom. The number of imidazole rings is 1. The Labute approximate surface area is 103 Å². The highest BCUT2D eigenvalue weighted by Gasteiger charge is 2.07. The van der Waals surface area contributed by atoms with Crippen LogP contribution in [0.15, 0.2) is 25.3 Å². The van der Waals surface area contributed by atoms with Crippen molar-refractivity contribution >= 4 is 23.0 Å². The number of nitrogen functional groups attached to an aromatic ring is 1. The Bertz CT molecular complexity index is 578. The van der Waals surface area contributed by atoms with Crippen molar-refractivity contribution in [3.63, 3.8) is 0 Å². The molecule has 0 amide bonds. The minimum Gasteiger partial charge on any atom is -0.462 e. The number of hydrogen-bond donors (Lipinski definition) is 1. The molecule has 0 aromatic carbocycles. The highest BCUT2D eigenvalue weighted by Crippen LogP contribution is 2.14. The van der Waals surface area contributed by atoms with Crippen LogP contribution in [0, 0.1) is 0 Å². The molecule has 2 heterocycles. The molecule has 0 spiro atoms. The number of hydrogen-bond acceptors (Lipinski definition) is 6. The van der Waals surface area contributed by atoms with E-state index in [2.05, 4.69) is 21.5 Å². The number of nitrogens with two attached hydrogens (primary N) is 1.